The van der Waals surface area contributed by atoms with Crippen LogP contribution in [0.15, 0.2) is 30.3 Å². The molecule has 5 nitrogen and oxygen atoms in total. The Bertz CT molecular complexity index is 774. The van der Waals surface area contributed by atoms with Gasteiger partial charge in [0.05, 0.1) is 12.7 Å². The molecule has 0 aromatic heterocycles. The number of carboxylic acid groups (broad SMARTS) is 1. The topological polar surface area (TPSA) is 89.6 Å². The van der Waals surface area contributed by atoms with Gasteiger partial charge in [0, 0.05) is 11.6 Å². The van der Waals surface area contributed by atoms with Crippen molar-refractivity contribution >= 4 is 11.9 Å². The molecule has 1 amide bonds. The molecule has 0 atom stereocenters. The van der Waals surface area contributed by atoms with Crippen molar-refractivity contribution < 1.29 is 28.2 Å². The van der Waals surface area contributed by atoms with Gasteiger partial charge in [-0.1, -0.05) is 6.07 Å². The van der Waals surface area contributed by atoms with Gasteiger partial charge in [-0.2, -0.15) is 0 Å². The number of hydrogen-bond acceptors (Lipinski definition) is 3. The zero-order chi connectivity index (χ0) is 16.4. The maximum absolute atomic E-state index is 14.1. The number of primary amides is 1. The molecule has 0 spiro atoms. The molecule has 0 aliphatic carbocycles. The first kappa shape index (κ1) is 15.4. The number of carboxylic acids is 1. The van der Waals surface area contributed by atoms with E-state index in [-0.39, 0.29) is 22.4 Å². The molecule has 0 aliphatic rings. The molecule has 7 heteroatoms. The van der Waals surface area contributed by atoms with Crippen LogP contribution in [0.1, 0.15) is 20.7 Å². The first-order valence-corrected chi connectivity index (χ1v) is 6.05. The third-order valence-electron chi connectivity index (χ3n) is 3.06. The van der Waals surface area contributed by atoms with E-state index in [9.17, 15) is 18.4 Å². The van der Waals surface area contributed by atoms with Crippen LogP contribution in [0.4, 0.5) is 8.78 Å². The van der Waals surface area contributed by atoms with Crippen LogP contribution in [0.2, 0.25) is 0 Å². The maximum atomic E-state index is 14.1. The molecule has 3 N–H and O–H groups in total. The SMILES string of the molecule is COc1cc(F)c(-c2ccc(F)c(C(N)=O)c2)cc1C(=O)O. The quantitative estimate of drug-likeness (QED) is 0.908. The molecular weight excluding hydrogens is 296 g/mol. The number of carbonyl (C=O) groups is 2. The molecule has 0 saturated heterocycles. The number of carbonyl (C=O) groups excluding carboxylic acids is 1. The van der Waals surface area contributed by atoms with Gasteiger partial charge in [0.15, 0.2) is 0 Å². The molecule has 22 heavy (non-hydrogen) atoms. The van der Waals surface area contributed by atoms with Crippen LogP contribution in [-0.4, -0.2) is 24.1 Å². The van der Waals surface area contributed by atoms with E-state index in [0.29, 0.717) is 0 Å². The van der Waals surface area contributed by atoms with Crippen LogP contribution in [0.25, 0.3) is 11.1 Å². The van der Waals surface area contributed by atoms with Crippen LogP contribution >= 0.6 is 0 Å². The number of methoxy groups -OCH3 is 1. The van der Waals surface area contributed by atoms with Crippen molar-refractivity contribution in [3.63, 3.8) is 0 Å². The van der Waals surface area contributed by atoms with Gasteiger partial charge in [0.2, 0.25) is 0 Å². The highest BCUT2D eigenvalue weighted by Crippen LogP contribution is 2.31. The lowest BCUT2D eigenvalue weighted by molar-refractivity contribution is 0.0693. The van der Waals surface area contributed by atoms with Crippen molar-refractivity contribution in [1.29, 1.82) is 0 Å². The fourth-order valence-corrected chi connectivity index (χ4v) is 1.99. The zero-order valence-corrected chi connectivity index (χ0v) is 11.4. The Labute approximate surface area is 123 Å². The van der Waals surface area contributed by atoms with Crippen molar-refractivity contribution in [2.45, 2.75) is 0 Å². The number of amides is 1. The maximum Gasteiger partial charge on any atom is 0.339 e. The van der Waals surface area contributed by atoms with Gasteiger partial charge in [-0.25, -0.2) is 13.6 Å². The molecule has 0 fully saturated rings. The summed E-state index contributed by atoms with van der Waals surface area (Å²) in [5.41, 5.74) is 4.38. The Morgan fingerprint density at radius 2 is 1.77 bits per heavy atom. The third kappa shape index (κ3) is 2.73. The Kier molecular flexibility index (Phi) is 4.07. The summed E-state index contributed by atoms with van der Waals surface area (Å²) in [7, 11) is 1.21. The van der Waals surface area contributed by atoms with Crippen molar-refractivity contribution in [2.24, 2.45) is 5.73 Å². The number of benzene rings is 2. The summed E-state index contributed by atoms with van der Waals surface area (Å²) in [6.07, 6.45) is 0. The van der Waals surface area contributed by atoms with Gasteiger partial charge in [-0.3, -0.25) is 4.79 Å². The van der Waals surface area contributed by atoms with Gasteiger partial charge < -0.3 is 15.6 Å². The molecule has 2 rings (SSSR count). The number of nitrogens with two attached hydrogens (primary N) is 1. The number of ether oxygens (including phenoxy) is 1. The average molecular weight is 307 g/mol. The van der Waals surface area contributed by atoms with Gasteiger partial charge in [0.1, 0.15) is 22.9 Å². The lowest BCUT2D eigenvalue weighted by atomic mass is 9.99. The van der Waals surface area contributed by atoms with Crippen molar-refractivity contribution in [3.05, 3.63) is 53.1 Å². The second-order valence-electron chi connectivity index (χ2n) is 4.40. The van der Waals surface area contributed by atoms with Gasteiger partial charge >= 0.3 is 5.97 Å². The lowest BCUT2D eigenvalue weighted by Gasteiger charge is -2.10. The zero-order valence-electron chi connectivity index (χ0n) is 11.4. The van der Waals surface area contributed by atoms with Gasteiger partial charge in [0.25, 0.3) is 5.91 Å². The predicted molar refractivity (Wildman–Crippen MR) is 73.8 cm³/mol. The Morgan fingerprint density at radius 1 is 1.09 bits per heavy atom. The molecule has 0 heterocycles. The molecule has 0 bridgehead atoms. The number of hydrogen-bond donors (Lipinski definition) is 2. The molecular formula is C15H11F2NO4. The lowest BCUT2D eigenvalue weighted by Crippen LogP contribution is -2.13. The standard InChI is InChI=1S/C15H11F2NO4/c1-22-13-6-12(17)8(5-10(13)15(20)21)7-2-3-11(16)9(4-7)14(18)19/h2-6H,1H3,(H2,18,19)(H,20,21). The predicted octanol–water partition coefficient (Wildman–Crippen LogP) is 2.44. The van der Waals surface area contributed by atoms with Crippen LogP contribution in [0, 0.1) is 11.6 Å². The highest BCUT2D eigenvalue weighted by Gasteiger charge is 2.18. The van der Waals surface area contributed by atoms with E-state index in [1.807, 2.05) is 0 Å². The second kappa shape index (κ2) is 5.80. The first-order valence-electron chi connectivity index (χ1n) is 6.05. The largest absolute Gasteiger partial charge is 0.496 e. The van der Waals surface area contributed by atoms with Crippen molar-refractivity contribution in [2.75, 3.05) is 7.11 Å². The number of aromatic carboxylic acids is 1. The molecule has 2 aromatic rings. The summed E-state index contributed by atoms with van der Waals surface area (Å²) in [4.78, 5) is 22.3. The average Bonchev–Trinajstić information content (AvgIpc) is 2.47. The summed E-state index contributed by atoms with van der Waals surface area (Å²) < 4.78 is 32.4. The molecule has 0 radical (unpaired) electrons. The van der Waals surface area contributed by atoms with E-state index in [4.69, 9.17) is 15.6 Å². The van der Waals surface area contributed by atoms with Gasteiger partial charge in [-0.15, -0.1) is 0 Å². The Morgan fingerprint density at radius 3 is 2.32 bits per heavy atom. The highest BCUT2D eigenvalue weighted by atomic mass is 19.1. The smallest absolute Gasteiger partial charge is 0.339 e. The van der Waals surface area contributed by atoms with Crippen LogP contribution in [0.3, 0.4) is 0 Å². The molecule has 0 aliphatic heterocycles. The summed E-state index contributed by atoms with van der Waals surface area (Å²) in [6.45, 7) is 0. The van der Waals surface area contributed by atoms with E-state index in [0.717, 1.165) is 24.3 Å². The molecule has 114 valence electrons. The Balaban J connectivity index is 2.67. The van der Waals surface area contributed by atoms with Crippen molar-refractivity contribution in [1.82, 2.24) is 0 Å². The number of rotatable bonds is 4. The first-order chi connectivity index (χ1) is 10.3. The summed E-state index contributed by atoms with van der Waals surface area (Å²) in [5, 5.41) is 9.11. The third-order valence-corrected chi connectivity index (χ3v) is 3.06. The van der Waals surface area contributed by atoms with E-state index in [1.54, 1.807) is 0 Å². The minimum atomic E-state index is -1.31. The van der Waals surface area contributed by atoms with Gasteiger partial charge in [-0.05, 0) is 23.8 Å². The number of halogens is 2. The minimum Gasteiger partial charge on any atom is -0.496 e. The Hall–Kier alpha value is -2.96. The van der Waals surface area contributed by atoms with E-state index in [1.165, 1.54) is 13.2 Å². The summed E-state index contributed by atoms with van der Waals surface area (Å²) >= 11 is 0. The molecule has 0 unspecified atom stereocenters. The van der Waals surface area contributed by atoms with E-state index < -0.39 is 29.1 Å². The van der Waals surface area contributed by atoms with Crippen LogP contribution in [0.5, 0.6) is 5.75 Å². The van der Waals surface area contributed by atoms with E-state index in [2.05, 4.69) is 0 Å². The second-order valence-corrected chi connectivity index (χ2v) is 4.40. The monoisotopic (exact) mass is 307 g/mol. The normalized spacial score (nSPS) is 10.3. The van der Waals surface area contributed by atoms with Crippen LogP contribution < -0.4 is 10.5 Å². The van der Waals surface area contributed by atoms with E-state index >= 15 is 0 Å². The molecule has 0 saturated carbocycles. The fraction of sp³-hybridized carbons (Fsp3) is 0.0667. The minimum absolute atomic E-state index is 0.110. The summed E-state index contributed by atoms with van der Waals surface area (Å²) in [5.74, 6) is -4.08. The van der Waals surface area contributed by atoms with Crippen molar-refractivity contribution in [3.8, 4) is 16.9 Å². The fourth-order valence-electron chi connectivity index (χ4n) is 1.99. The molecule has 2 aromatic carbocycles. The summed E-state index contributed by atoms with van der Waals surface area (Å²) in [6, 6.07) is 5.20. The highest BCUT2D eigenvalue weighted by molar-refractivity contribution is 5.95. The van der Waals surface area contributed by atoms with Crippen LogP contribution in [-0.2, 0) is 0 Å².